The van der Waals surface area contributed by atoms with Crippen molar-refractivity contribution in [2.45, 2.75) is 109 Å². The molecule has 2 aromatic heterocycles. The molecule has 0 radical (unpaired) electrons. The van der Waals surface area contributed by atoms with Crippen LogP contribution in [0.5, 0.6) is 0 Å². The first-order valence-electron chi connectivity index (χ1n) is 18.4. The molecule has 2 aliphatic heterocycles. The number of imidazole rings is 1. The molecule has 9 unspecified atom stereocenters. The van der Waals surface area contributed by atoms with Crippen molar-refractivity contribution >= 4 is 27.3 Å². The molecule has 0 amide bonds. The summed E-state index contributed by atoms with van der Waals surface area (Å²) >= 11 is 0. The fourth-order valence-corrected chi connectivity index (χ4v) is 12.8. The lowest BCUT2D eigenvalue weighted by molar-refractivity contribution is -0.705. The molecule has 3 aromatic carbocycles. The average molecular weight is 594 g/mol. The second kappa shape index (κ2) is 9.02. The van der Waals surface area contributed by atoms with Crippen LogP contribution < -0.4 is 4.57 Å². The minimum atomic E-state index is 0.153. The van der Waals surface area contributed by atoms with Crippen LogP contribution in [0.15, 0.2) is 66.9 Å². The molecular formula is C43H49N2+. The molecule has 10 rings (SSSR count). The maximum Gasteiger partial charge on any atom is 0.295 e. The number of benzene rings is 3. The number of rotatable bonds is 3. The van der Waals surface area contributed by atoms with Crippen LogP contribution in [-0.4, -0.2) is 4.40 Å². The molecule has 2 heteroatoms. The highest BCUT2D eigenvalue weighted by Gasteiger charge is 2.58. The van der Waals surface area contributed by atoms with Crippen LogP contribution in [-0.2, 0) is 10.8 Å². The van der Waals surface area contributed by atoms with Gasteiger partial charge in [-0.25, -0.2) is 4.57 Å². The topological polar surface area (TPSA) is 8.29 Å². The Morgan fingerprint density at radius 2 is 1.58 bits per heavy atom. The molecule has 45 heavy (non-hydrogen) atoms. The largest absolute Gasteiger partial charge is 0.295 e. The van der Waals surface area contributed by atoms with E-state index in [9.17, 15) is 0 Å². The molecule has 3 fully saturated rings. The van der Waals surface area contributed by atoms with E-state index >= 15 is 0 Å². The summed E-state index contributed by atoms with van der Waals surface area (Å²) in [5.74, 6) is 4.67. The van der Waals surface area contributed by atoms with Crippen LogP contribution in [0.1, 0.15) is 115 Å². The van der Waals surface area contributed by atoms with Gasteiger partial charge in [0.05, 0.1) is 5.39 Å². The Labute approximate surface area is 268 Å². The SMILES string of the molecule is CCC1CC(C)CC1c1cccc2c1-c1c[n+]3c4c5c(cccc5c5ccccc5n14)C(CC)(CC1CC4CC1CC24C)C3C. The highest BCUT2D eigenvalue weighted by molar-refractivity contribution is 6.13. The molecule has 2 nitrogen and oxygen atoms in total. The van der Waals surface area contributed by atoms with E-state index in [1.54, 1.807) is 22.3 Å². The van der Waals surface area contributed by atoms with Crippen LogP contribution in [0.25, 0.3) is 38.6 Å². The van der Waals surface area contributed by atoms with E-state index in [1.165, 1.54) is 84.4 Å². The lowest BCUT2D eigenvalue weighted by Crippen LogP contribution is -2.53. The standard InChI is InChI=1S/C43H49N2/c1-6-27-18-25(3)19-34(27)33-14-10-15-35-39(33)38-24-44-26(4)43(7-2,23-29-21-30-20-28(29)22-42(30,35)5)36-16-11-13-32-31-12-8-9-17-37(31)45(38)41(44)40(32)36/h8-17,24-30,34H,6-7,18-23H2,1-5H3/q+1. The van der Waals surface area contributed by atoms with Crippen LogP contribution in [0.2, 0.25) is 0 Å². The first-order valence-corrected chi connectivity index (χ1v) is 18.4. The third kappa shape index (κ3) is 3.20. The minimum Gasteiger partial charge on any atom is -0.226 e. The summed E-state index contributed by atoms with van der Waals surface area (Å²) in [5.41, 5.74) is 11.2. The van der Waals surface area contributed by atoms with Crippen LogP contribution in [0.3, 0.4) is 0 Å². The summed E-state index contributed by atoms with van der Waals surface area (Å²) in [5, 5.41) is 4.37. The van der Waals surface area contributed by atoms with Gasteiger partial charge in [-0.15, -0.1) is 0 Å². The van der Waals surface area contributed by atoms with Crippen molar-refractivity contribution in [1.29, 1.82) is 0 Å². The van der Waals surface area contributed by atoms with Gasteiger partial charge in [-0.1, -0.05) is 88.7 Å². The van der Waals surface area contributed by atoms with Gasteiger partial charge in [0.15, 0.2) is 5.69 Å². The summed E-state index contributed by atoms with van der Waals surface area (Å²) in [4.78, 5) is 0. The smallest absolute Gasteiger partial charge is 0.226 e. The Bertz CT molecular complexity index is 2050. The first kappa shape index (κ1) is 27.0. The van der Waals surface area contributed by atoms with Gasteiger partial charge in [-0.05, 0) is 116 Å². The van der Waals surface area contributed by atoms with Gasteiger partial charge in [0, 0.05) is 21.8 Å². The van der Waals surface area contributed by atoms with E-state index < -0.39 is 0 Å². The van der Waals surface area contributed by atoms with Crippen LogP contribution in [0, 0.1) is 29.6 Å². The Morgan fingerprint density at radius 3 is 2.36 bits per heavy atom. The average Bonchev–Trinajstić information content (AvgIpc) is 3.83. The molecular weight excluding hydrogens is 544 g/mol. The second-order valence-electron chi connectivity index (χ2n) is 16.6. The van der Waals surface area contributed by atoms with Crippen LogP contribution >= 0.6 is 0 Å². The van der Waals surface area contributed by atoms with Crippen molar-refractivity contribution in [2.75, 3.05) is 0 Å². The molecule has 3 saturated carbocycles. The lowest BCUT2D eigenvalue weighted by atomic mass is 9.59. The first-order chi connectivity index (χ1) is 21.9. The minimum absolute atomic E-state index is 0.153. The predicted molar refractivity (Wildman–Crippen MR) is 186 cm³/mol. The Morgan fingerprint density at radius 1 is 0.822 bits per heavy atom. The Balaban J connectivity index is 1.42. The molecule has 6 bridgehead atoms. The third-order valence-electron chi connectivity index (χ3n) is 14.9. The van der Waals surface area contributed by atoms with Gasteiger partial charge in [0.25, 0.3) is 5.65 Å². The number of pyridine rings is 1. The number of fused-ring (bicyclic) bond motifs is 13. The monoisotopic (exact) mass is 593 g/mol. The molecule has 9 atom stereocenters. The Hall–Kier alpha value is -3.13. The maximum atomic E-state index is 2.78. The molecule has 5 aromatic rings. The van der Waals surface area contributed by atoms with Gasteiger partial charge >= 0.3 is 0 Å². The maximum absolute atomic E-state index is 2.78. The van der Waals surface area contributed by atoms with Gasteiger partial charge < -0.3 is 0 Å². The molecule has 230 valence electrons. The van der Waals surface area contributed by atoms with E-state index in [1.807, 2.05) is 0 Å². The fourth-order valence-electron chi connectivity index (χ4n) is 12.8. The van der Waals surface area contributed by atoms with Gasteiger partial charge in [0.2, 0.25) is 0 Å². The number of nitrogens with zero attached hydrogens (tertiary/aromatic N) is 2. The highest BCUT2D eigenvalue weighted by Crippen LogP contribution is 2.65. The van der Waals surface area contributed by atoms with Crippen LogP contribution in [0.4, 0.5) is 0 Å². The number of hydrogen-bond acceptors (Lipinski definition) is 0. The number of para-hydroxylation sites is 1. The molecule has 5 aliphatic rings. The predicted octanol–water partition coefficient (Wildman–Crippen LogP) is 10.7. The van der Waals surface area contributed by atoms with Crippen molar-refractivity contribution < 1.29 is 4.57 Å². The van der Waals surface area contributed by atoms with Gasteiger partial charge in [0.1, 0.15) is 17.8 Å². The zero-order valence-electron chi connectivity index (χ0n) is 27.9. The van der Waals surface area contributed by atoms with Crippen molar-refractivity contribution in [2.24, 2.45) is 29.6 Å². The third-order valence-corrected chi connectivity index (χ3v) is 14.9. The van der Waals surface area contributed by atoms with Gasteiger partial charge in [-0.3, -0.25) is 0 Å². The van der Waals surface area contributed by atoms with Crippen molar-refractivity contribution in [3.05, 3.63) is 83.6 Å². The van der Waals surface area contributed by atoms with E-state index in [4.69, 9.17) is 0 Å². The number of hydrogen-bond donors (Lipinski definition) is 0. The molecule has 3 aliphatic carbocycles. The van der Waals surface area contributed by atoms with E-state index in [2.05, 4.69) is 110 Å². The fraction of sp³-hybridized carbons (Fsp3) is 0.512. The van der Waals surface area contributed by atoms with Gasteiger partial charge in [-0.2, -0.15) is 4.40 Å². The van der Waals surface area contributed by atoms with E-state index in [0.717, 1.165) is 29.6 Å². The molecule has 0 N–H and O–H groups in total. The summed E-state index contributed by atoms with van der Waals surface area (Å²) < 4.78 is 5.52. The lowest BCUT2D eigenvalue weighted by Gasteiger charge is -2.45. The summed E-state index contributed by atoms with van der Waals surface area (Å²) in [7, 11) is 0. The Kier molecular flexibility index (Phi) is 5.42. The van der Waals surface area contributed by atoms with E-state index in [-0.39, 0.29) is 10.8 Å². The molecule has 0 saturated heterocycles. The summed E-state index contributed by atoms with van der Waals surface area (Å²) in [6, 6.07) is 24.7. The molecule has 4 heterocycles. The zero-order chi connectivity index (χ0) is 30.4. The summed E-state index contributed by atoms with van der Waals surface area (Å²) in [6.07, 6.45) is 13.4. The quantitative estimate of drug-likeness (QED) is 0.145. The van der Waals surface area contributed by atoms with Crippen molar-refractivity contribution in [1.82, 2.24) is 4.40 Å². The summed E-state index contributed by atoms with van der Waals surface area (Å²) in [6.45, 7) is 12.7. The van der Waals surface area contributed by atoms with Crippen molar-refractivity contribution in [3.63, 3.8) is 0 Å². The van der Waals surface area contributed by atoms with Crippen molar-refractivity contribution in [3.8, 4) is 11.3 Å². The second-order valence-corrected chi connectivity index (χ2v) is 16.6. The molecule has 0 spiro atoms. The number of aromatic nitrogens is 2. The highest BCUT2D eigenvalue weighted by atomic mass is 15.2. The van der Waals surface area contributed by atoms with E-state index in [0.29, 0.717) is 12.0 Å². The normalized spacial score (nSPS) is 36.2. The zero-order valence-corrected chi connectivity index (χ0v) is 27.9.